The zero-order chi connectivity index (χ0) is 33.8. The van der Waals surface area contributed by atoms with Crippen molar-refractivity contribution in [2.75, 3.05) is 46.8 Å². The number of halogens is 2. The fourth-order valence-electron chi connectivity index (χ4n) is 5.03. The van der Waals surface area contributed by atoms with Crippen molar-refractivity contribution in [3.05, 3.63) is 83.2 Å². The number of methoxy groups -OCH3 is 4. The molecule has 248 valence electrons. The number of para-hydroxylation sites is 1. The minimum absolute atomic E-state index is 0.0183. The van der Waals surface area contributed by atoms with Crippen LogP contribution in [0.3, 0.4) is 0 Å². The molecule has 0 saturated carbocycles. The van der Waals surface area contributed by atoms with E-state index >= 15 is 0 Å². The number of amides is 1. The van der Waals surface area contributed by atoms with Crippen LogP contribution in [0.25, 0.3) is 0 Å². The van der Waals surface area contributed by atoms with E-state index in [1.807, 2.05) is 37.1 Å². The first-order valence-corrected chi connectivity index (χ1v) is 13.9. The minimum Gasteiger partial charge on any atom is -0.493 e. The summed E-state index contributed by atoms with van der Waals surface area (Å²) in [6.45, 7) is 2.60. The van der Waals surface area contributed by atoms with Crippen LogP contribution in [0.2, 0.25) is 0 Å². The molecule has 1 heterocycles. The van der Waals surface area contributed by atoms with E-state index in [4.69, 9.17) is 44.8 Å². The number of rotatable bonds is 9. The second kappa shape index (κ2) is 16.8. The second-order valence-corrected chi connectivity index (χ2v) is 9.90. The van der Waals surface area contributed by atoms with Crippen molar-refractivity contribution in [1.82, 2.24) is 5.32 Å². The van der Waals surface area contributed by atoms with Gasteiger partial charge in [-0.15, -0.1) is 0 Å². The molecule has 0 spiro atoms. The maximum atomic E-state index is 13.5. The molecule has 1 amide bonds. The normalized spacial score (nSPS) is 16.0. The molecule has 3 aromatic rings. The lowest BCUT2D eigenvalue weighted by molar-refractivity contribution is -0.119. The maximum Gasteiger partial charge on any atom is 0.269 e. The Morgan fingerprint density at radius 1 is 1.00 bits per heavy atom. The Bertz CT molecular complexity index is 1500. The summed E-state index contributed by atoms with van der Waals surface area (Å²) in [5.74, 6) is 6.54. The van der Waals surface area contributed by atoms with E-state index in [9.17, 15) is 13.6 Å². The average molecular weight is 645 g/mol. The molecule has 5 rings (SSSR count). The Morgan fingerprint density at radius 2 is 1.65 bits per heavy atom. The highest BCUT2D eigenvalue weighted by atomic mass is 19.2. The number of fused-ring (bicyclic) bond motifs is 2. The summed E-state index contributed by atoms with van der Waals surface area (Å²) in [6, 6.07) is 12.0. The molecule has 14 heteroatoms. The Kier molecular flexibility index (Phi) is 13.0. The van der Waals surface area contributed by atoms with Crippen LogP contribution >= 0.6 is 0 Å². The topological polar surface area (TPSA) is 157 Å². The summed E-state index contributed by atoms with van der Waals surface area (Å²) in [6.07, 6.45) is 2.76. The number of hydrazine groups is 1. The van der Waals surface area contributed by atoms with Gasteiger partial charge in [0.15, 0.2) is 34.6 Å². The minimum atomic E-state index is -1.06. The van der Waals surface area contributed by atoms with Crippen LogP contribution in [0.4, 0.5) is 14.5 Å². The molecule has 1 aliphatic carbocycles. The standard InChI is InChI=1S/C22H24F2N4O4.C9H12O3.CH2O/c1-30-10-13-3-2-12-6-19-20(32-11-31-19)8-15(12)21(13)27-22(29)18(25)9-28(26)14-4-5-16(23)17(24)7-14;1-10-7-5-4-6-8(11-2)9(7)12-3;1-2/h4-9,13,21H,2-3,10-11,25-26H2,1H3,(H,27,29);4-6H,1-3H3;1H2/b18-9-;;. The zero-order valence-electron chi connectivity index (χ0n) is 26.0. The molecule has 1 aliphatic heterocycles. The maximum absolute atomic E-state index is 13.5. The molecule has 0 bridgehead atoms. The van der Waals surface area contributed by atoms with Gasteiger partial charge in [0, 0.05) is 25.3 Å². The van der Waals surface area contributed by atoms with Crippen LogP contribution in [-0.2, 0) is 20.7 Å². The number of nitrogens with two attached hydrogens (primary N) is 2. The van der Waals surface area contributed by atoms with Gasteiger partial charge >= 0.3 is 0 Å². The summed E-state index contributed by atoms with van der Waals surface area (Å²) in [5.41, 5.74) is 7.86. The number of nitrogens with zero attached hydrogens (tertiary/aromatic N) is 1. The smallest absolute Gasteiger partial charge is 0.269 e. The van der Waals surface area contributed by atoms with Crippen LogP contribution in [0.1, 0.15) is 23.6 Å². The van der Waals surface area contributed by atoms with Gasteiger partial charge < -0.3 is 44.3 Å². The number of hydrogen-bond donors (Lipinski definition) is 3. The van der Waals surface area contributed by atoms with Gasteiger partial charge in [-0.05, 0) is 60.4 Å². The number of carbonyl (C=O) groups excluding carboxylic acids is 2. The monoisotopic (exact) mass is 644 g/mol. The fraction of sp³-hybridized carbons (Fsp3) is 0.312. The van der Waals surface area contributed by atoms with E-state index in [1.165, 1.54) is 6.07 Å². The number of hydrogen-bond acceptors (Lipinski definition) is 11. The van der Waals surface area contributed by atoms with E-state index in [0.717, 1.165) is 47.3 Å². The average Bonchev–Trinajstić information content (AvgIpc) is 3.54. The lowest BCUT2D eigenvalue weighted by atomic mass is 9.79. The van der Waals surface area contributed by atoms with Crippen LogP contribution in [0, 0.1) is 17.6 Å². The van der Waals surface area contributed by atoms with Crippen molar-refractivity contribution < 1.29 is 46.8 Å². The zero-order valence-corrected chi connectivity index (χ0v) is 26.0. The summed E-state index contributed by atoms with van der Waals surface area (Å²) in [7, 11) is 6.38. The van der Waals surface area contributed by atoms with Crippen LogP contribution in [0.15, 0.2) is 60.4 Å². The Morgan fingerprint density at radius 3 is 2.24 bits per heavy atom. The van der Waals surface area contributed by atoms with Gasteiger partial charge in [-0.25, -0.2) is 14.6 Å². The van der Waals surface area contributed by atoms with Gasteiger partial charge in [0.1, 0.15) is 12.5 Å². The molecule has 2 atom stereocenters. The third-order valence-corrected chi connectivity index (χ3v) is 7.22. The Balaban J connectivity index is 0.000000345. The van der Waals surface area contributed by atoms with Crippen molar-refractivity contribution in [3.63, 3.8) is 0 Å². The highest BCUT2D eigenvalue weighted by Crippen LogP contribution is 2.42. The van der Waals surface area contributed by atoms with Crippen molar-refractivity contribution in [3.8, 4) is 28.7 Å². The molecule has 12 nitrogen and oxygen atoms in total. The third kappa shape index (κ3) is 8.34. The number of nitrogens with one attached hydrogen (secondary N) is 1. The van der Waals surface area contributed by atoms with Gasteiger partial charge in [0.25, 0.3) is 5.91 Å². The first-order chi connectivity index (χ1) is 22.2. The van der Waals surface area contributed by atoms with E-state index < -0.39 is 17.5 Å². The molecule has 5 N–H and O–H groups in total. The van der Waals surface area contributed by atoms with Crippen molar-refractivity contribution in [1.29, 1.82) is 0 Å². The molecule has 2 unspecified atom stereocenters. The Hall–Kier alpha value is -5.08. The van der Waals surface area contributed by atoms with Gasteiger partial charge in [-0.2, -0.15) is 0 Å². The molecule has 0 fully saturated rings. The lowest BCUT2D eigenvalue weighted by Gasteiger charge is -2.34. The molecule has 0 saturated heterocycles. The van der Waals surface area contributed by atoms with Gasteiger partial charge in [0.05, 0.1) is 39.7 Å². The predicted octanol–water partition coefficient (Wildman–Crippen LogP) is 3.77. The Labute approximate surface area is 265 Å². The first-order valence-electron chi connectivity index (χ1n) is 13.9. The van der Waals surface area contributed by atoms with Crippen molar-refractivity contribution in [2.45, 2.75) is 18.9 Å². The summed E-state index contributed by atoms with van der Waals surface area (Å²) >= 11 is 0. The fourth-order valence-corrected chi connectivity index (χ4v) is 5.03. The number of carbonyl (C=O) groups is 2. The highest BCUT2D eigenvalue weighted by molar-refractivity contribution is 5.93. The predicted molar refractivity (Wildman–Crippen MR) is 166 cm³/mol. The summed E-state index contributed by atoms with van der Waals surface area (Å²) in [5, 5.41) is 3.91. The van der Waals surface area contributed by atoms with E-state index in [2.05, 4.69) is 5.32 Å². The van der Waals surface area contributed by atoms with E-state index in [0.29, 0.717) is 35.4 Å². The highest BCUT2D eigenvalue weighted by Gasteiger charge is 2.33. The molecular weight excluding hydrogens is 606 g/mol. The van der Waals surface area contributed by atoms with Crippen LogP contribution in [0.5, 0.6) is 28.7 Å². The second-order valence-electron chi connectivity index (χ2n) is 9.90. The molecule has 0 radical (unpaired) electrons. The van der Waals surface area contributed by atoms with Crippen LogP contribution in [-0.4, -0.2) is 54.5 Å². The van der Waals surface area contributed by atoms with Crippen molar-refractivity contribution >= 4 is 18.4 Å². The number of aryl methyl sites for hydroxylation is 1. The third-order valence-electron chi connectivity index (χ3n) is 7.22. The molecular formula is C32H38F2N4O8. The lowest BCUT2D eigenvalue weighted by Crippen LogP contribution is -2.40. The van der Waals surface area contributed by atoms with Gasteiger partial charge in [-0.3, -0.25) is 9.80 Å². The van der Waals surface area contributed by atoms with Crippen LogP contribution < -0.4 is 45.6 Å². The first kappa shape index (κ1) is 35.4. The SMILES string of the molecule is C=O.COCC1CCc2cc3c(cc2C1NC(=O)/C(N)=C/N(N)c1ccc(F)c(F)c1)OCO3.COc1cccc(OC)c1OC. The van der Waals surface area contributed by atoms with Gasteiger partial charge in [0.2, 0.25) is 12.5 Å². The molecule has 2 aliphatic rings. The molecule has 0 aromatic heterocycles. The number of anilines is 1. The quantitative estimate of drug-likeness (QED) is 0.177. The summed E-state index contributed by atoms with van der Waals surface area (Å²) < 4.78 is 58.2. The number of ether oxygens (including phenoxy) is 6. The molecule has 3 aromatic carbocycles. The summed E-state index contributed by atoms with van der Waals surface area (Å²) in [4.78, 5) is 20.9. The van der Waals surface area contributed by atoms with E-state index in [-0.39, 0.29) is 30.1 Å². The molecule has 46 heavy (non-hydrogen) atoms. The largest absolute Gasteiger partial charge is 0.493 e. The van der Waals surface area contributed by atoms with Gasteiger partial charge in [-0.1, -0.05) is 6.07 Å². The number of benzene rings is 3. The van der Waals surface area contributed by atoms with Crippen molar-refractivity contribution in [2.24, 2.45) is 17.5 Å². The van der Waals surface area contributed by atoms with E-state index in [1.54, 1.807) is 28.4 Å².